The summed E-state index contributed by atoms with van der Waals surface area (Å²) in [6.07, 6.45) is 5.83. The number of esters is 1. The number of nitrogens with zero attached hydrogens (tertiary/aromatic N) is 4. The maximum Gasteiger partial charge on any atom is 0.341 e. The van der Waals surface area contributed by atoms with Gasteiger partial charge in [0, 0.05) is 29.4 Å². The molecule has 0 aliphatic heterocycles. The number of aryl methyl sites for hydroxylation is 1. The van der Waals surface area contributed by atoms with E-state index in [0.29, 0.717) is 34.5 Å². The average Bonchev–Trinajstić information content (AvgIpc) is 3.32. The number of allylic oxidation sites excluding steroid dienone is 1. The summed E-state index contributed by atoms with van der Waals surface area (Å²) in [5.41, 5.74) is 2.16. The van der Waals surface area contributed by atoms with E-state index >= 15 is 0 Å². The molecule has 1 amide bonds. The van der Waals surface area contributed by atoms with Crippen LogP contribution in [0.25, 0.3) is 11.4 Å². The van der Waals surface area contributed by atoms with Crippen molar-refractivity contribution in [3.05, 3.63) is 53.2 Å². The van der Waals surface area contributed by atoms with Gasteiger partial charge >= 0.3 is 5.97 Å². The quantitative estimate of drug-likeness (QED) is 0.295. The van der Waals surface area contributed by atoms with Crippen LogP contribution < -0.4 is 5.32 Å². The topological polar surface area (TPSA) is 99.0 Å². The molecule has 1 N–H and O–H groups in total. The molecule has 0 radical (unpaired) electrons. The van der Waals surface area contributed by atoms with Crippen molar-refractivity contribution in [3.63, 3.8) is 0 Å². The number of pyridine rings is 1. The standard InChI is InChI=1S/C21H23N5O3S2/c1-5-10-26-18(14-8-7-9-22-11-14)24-25-21(26)30-12-16(27)23-19-17(20(28)29-4)15(6-2)13(3)31-19/h5,7-9,11H,1,6,10,12H2,2-4H3,(H,23,27). The fourth-order valence-electron chi connectivity index (χ4n) is 3.10. The molecule has 3 aromatic heterocycles. The second kappa shape index (κ2) is 10.4. The van der Waals surface area contributed by atoms with Crippen LogP contribution in [0.3, 0.4) is 0 Å². The first-order valence-corrected chi connectivity index (χ1v) is 11.4. The number of methoxy groups -OCH3 is 1. The number of anilines is 1. The van der Waals surface area contributed by atoms with Gasteiger partial charge < -0.3 is 10.1 Å². The zero-order chi connectivity index (χ0) is 22.4. The van der Waals surface area contributed by atoms with E-state index in [4.69, 9.17) is 4.74 Å². The van der Waals surface area contributed by atoms with Crippen molar-refractivity contribution < 1.29 is 14.3 Å². The molecule has 0 saturated carbocycles. The highest BCUT2D eigenvalue weighted by molar-refractivity contribution is 7.99. The molecule has 3 heterocycles. The summed E-state index contributed by atoms with van der Waals surface area (Å²) in [4.78, 5) is 30.0. The SMILES string of the molecule is C=CCn1c(SCC(=O)Nc2sc(C)c(CC)c2C(=O)OC)nnc1-c1cccnc1. The maximum absolute atomic E-state index is 12.6. The molecule has 31 heavy (non-hydrogen) atoms. The second-order valence-corrected chi connectivity index (χ2v) is 8.64. The molecule has 0 bridgehead atoms. The van der Waals surface area contributed by atoms with Crippen LogP contribution in [0.2, 0.25) is 0 Å². The average molecular weight is 458 g/mol. The number of rotatable bonds is 9. The number of carbonyl (C=O) groups excluding carboxylic acids is 2. The molecule has 162 valence electrons. The minimum atomic E-state index is -0.448. The van der Waals surface area contributed by atoms with Crippen LogP contribution in [0.5, 0.6) is 0 Å². The molecule has 0 aromatic carbocycles. The third-order valence-corrected chi connectivity index (χ3v) is 6.52. The van der Waals surface area contributed by atoms with Gasteiger partial charge in [-0.2, -0.15) is 0 Å². The van der Waals surface area contributed by atoms with Crippen molar-refractivity contribution in [2.75, 3.05) is 18.2 Å². The molecule has 10 heteroatoms. The number of aromatic nitrogens is 4. The minimum Gasteiger partial charge on any atom is -0.465 e. The van der Waals surface area contributed by atoms with Crippen molar-refractivity contribution in [1.82, 2.24) is 19.7 Å². The number of thiophene rings is 1. The molecule has 0 atom stereocenters. The van der Waals surface area contributed by atoms with Gasteiger partial charge in [-0.05, 0) is 31.0 Å². The summed E-state index contributed by atoms with van der Waals surface area (Å²) in [5, 5.41) is 12.4. The van der Waals surface area contributed by atoms with Crippen LogP contribution in [-0.2, 0) is 22.5 Å². The van der Waals surface area contributed by atoms with E-state index in [1.54, 1.807) is 18.5 Å². The first-order valence-electron chi connectivity index (χ1n) is 9.57. The van der Waals surface area contributed by atoms with E-state index in [1.807, 2.05) is 30.5 Å². The monoisotopic (exact) mass is 457 g/mol. The fourth-order valence-corrected chi connectivity index (χ4v) is 5.00. The van der Waals surface area contributed by atoms with Crippen LogP contribution in [-0.4, -0.2) is 44.5 Å². The van der Waals surface area contributed by atoms with Gasteiger partial charge in [-0.25, -0.2) is 4.79 Å². The molecule has 0 saturated heterocycles. The highest BCUT2D eigenvalue weighted by Gasteiger charge is 2.23. The summed E-state index contributed by atoms with van der Waals surface area (Å²) in [5.74, 6) is 0.0814. The Morgan fingerprint density at radius 2 is 2.19 bits per heavy atom. The summed E-state index contributed by atoms with van der Waals surface area (Å²) < 4.78 is 6.79. The second-order valence-electron chi connectivity index (χ2n) is 6.47. The molecule has 3 aromatic rings. The van der Waals surface area contributed by atoms with Crippen LogP contribution in [0.1, 0.15) is 27.7 Å². The van der Waals surface area contributed by atoms with Gasteiger partial charge in [0.25, 0.3) is 0 Å². The van der Waals surface area contributed by atoms with E-state index in [9.17, 15) is 9.59 Å². The highest BCUT2D eigenvalue weighted by atomic mass is 32.2. The number of amides is 1. The molecule has 3 rings (SSSR count). The number of hydrogen-bond donors (Lipinski definition) is 1. The van der Waals surface area contributed by atoms with E-state index < -0.39 is 5.97 Å². The lowest BCUT2D eigenvalue weighted by molar-refractivity contribution is -0.113. The van der Waals surface area contributed by atoms with E-state index in [2.05, 4.69) is 27.1 Å². The van der Waals surface area contributed by atoms with Crippen LogP contribution in [0.4, 0.5) is 5.00 Å². The van der Waals surface area contributed by atoms with Gasteiger partial charge in [-0.3, -0.25) is 14.3 Å². The Kier molecular flexibility index (Phi) is 7.59. The van der Waals surface area contributed by atoms with Gasteiger partial charge in [-0.15, -0.1) is 28.1 Å². The lowest BCUT2D eigenvalue weighted by Gasteiger charge is -2.08. The van der Waals surface area contributed by atoms with Crippen LogP contribution >= 0.6 is 23.1 Å². The predicted molar refractivity (Wildman–Crippen MR) is 123 cm³/mol. The zero-order valence-electron chi connectivity index (χ0n) is 17.5. The minimum absolute atomic E-state index is 0.112. The fraction of sp³-hybridized carbons (Fsp3) is 0.286. The van der Waals surface area contributed by atoms with Crippen LogP contribution in [0.15, 0.2) is 42.3 Å². The van der Waals surface area contributed by atoms with Crippen LogP contribution in [0, 0.1) is 6.92 Å². The van der Waals surface area contributed by atoms with Crippen molar-refractivity contribution in [3.8, 4) is 11.4 Å². The molecular formula is C21H23N5O3S2. The Balaban J connectivity index is 1.76. The highest BCUT2D eigenvalue weighted by Crippen LogP contribution is 2.34. The molecule has 0 spiro atoms. The zero-order valence-corrected chi connectivity index (χ0v) is 19.2. The van der Waals surface area contributed by atoms with Crippen molar-refractivity contribution >= 4 is 40.0 Å². The number of hydrogen-bond acceptors (Lipinski definition) is 8. The summed E-state index contributed by atoms with van der Waals surface area (Å²) in [6.45, 7) is 8.19. The normalized spacial score (nSPS) is 10.7. The summed E-state index contributed by atoms with van der Waals surface area (Å²) in [6, 6.07) is 3.73. The van der Waals surface area contributed by atoms with Crippen molar-refractivity contribution in [2.24, 2.45) is 0 Å². The van der Waals surface area contributed by atoms with E-state index in [0.717, 1.165) is 16.0 Å². The van der Waals surface area contributed by atoms with E-state index in [1.165, 1.54) is 30.2 Å². The van der Waals surface area contributed by atoms with Crippen molar-refractivity contribution in [1.29, 1.82) is 0 Å². The van der Waals surface area contributed by atoms with Gasteiger partial charge in [0.1, 0.15) is 5.00 Å². The number of thioether (sulfide) groups is 1. The van der Waals surface area contributed by atoms with Crippen molar-refractivity contribution in [2.45, 2.75) is 32.0 Å². The Morgan fingerprint density at radius 1 is 1.39 bits per heavy atom. The smallest absolute Gasteiger partial charge is 0.341 e. The van der Waals surface area contributed by atoms with Gasteiger partial charge in [0.2, 0.25) is 5.91 Å². The van der Waals surface area contributed by atoms with Gasteiger partial charge in [0.15, 0.2) is 11.0 Å². The number of carbonyl (C=O) groups is 2. The third kappa shape index (κ3) is 5.02. The number of nitrogens with one attached hydrogen (secondary N) is 1. The molecule has 8 nitrogen and oxygen atoms in total. The molecule has 0 fully saturated rings. The Hall–Kier alpha value is -2.98. The molecular weight excluding hydrogens is 434 g/mol. The molecule has 0 aliphatic carbocycles. The lowest BCUT2D eigenvalue weighted by Crippen LogP contribution is -2.16. The molecule has 0 unspecified atom stereocenters. The Morgan fingerprint density at radius 3 is 2.84 bits per heavy atom. The predicted octanol–water partition coefficient (Wildman–Crippen LogP) is 3.98. The van der Waals surface area contributed by atoms with E-state index in [-0.39, 0.29) is 11.7 Å². The first kappa shape index (κ1) is 22.7. The van der Waals surface area contributed by atoms with Gasteiger partial charge in [-0.1, -0.05) is 24.8 Å². The summed E-state index contributed by atoms with van der Waals surface area (Å²) >= 11 is 2.64. The molecule has 0 aliphatic rings. The third-order valence-electron chi connectivity index (χ3n) is 4.49. The first-order chi connectivity index (χ1) is 15.0. The number of ether oxygens (including phenoxy) is 1. The van der Waals surface area contributed by atoms with Gasteiger partial charge in [0.05, 0.1) is 18.4 Å². The Labute approximate surface area is 188 Å². The lowest BCUT2D eigenvalue weighted by atomic mass is 10.1. The maximum atomic E-state index is 12.6. The summed E-state index contributed by atoms with van der Waals surface area (Å²) in [7, 11) is 1.34. The largest absolute Gasteiger partial charge is 0.465 e. The Bertz CT molecular complexity index is 1090.